The minimum absolute atomic E-state index is 0.0220. The molecule has 5 heteroatoms. The summed E-state index contributed by atoms with van der Waals surface area (Å²) in [7, 11) is 0. The lowest BCUT2D eigenvalue weighted by Crippen LogP contribution is -2.23. The third kappa shape index (κ3) is 3.96. The topological polar surface area (TPSA) is 102 Å². The van der Waals surface area contributed by atoms with Gasteiger partial charge in [-0.15, -0.1) is 0 Å². The predicted octanol–water partition coefficient (Wildman–Crippen LogP) is -0.709. The van der Waals surface area contributed by atoms with Gasteiger partial charge < -0.3 is 16.6 Å². The Hall–Kier alpha value is -1.52. The fourth-order valence-electron chi connectivity index (χ4n) is 0.459. The van der Waals surface area contributed by atoms with Crippen LogP contribution in [0.2, 0.25) is 0 Å². The molecule has 5 nitrogen and oxygen atoms in total. The summed E-state index contributed by atoms with van der Waals surface area (Å²) < 4.78 is 0. The zero-order valence-corrected chi connectivity index (χ0v) is 6.24. The number of nitrogens with two attached hydrogens (primary N) is 2. The average molecular weight is 157 g/mol. The SMILES string of the molecule is C/C=C(\CN=C(N)N)C(=O)O. The van der Waals surface area contributed by atoms with Crippen LogP contribution in [0.4, 0.5) is 0 Å². The number of carbonyl (C=O) groups is 1. The molecular formula is C6H11N3O2. The second kappa shape index (κ2) is 4.32. The van der Waals surface area contributed by atoms with Gasteiger partial charge in [-0.05, 0) is 6.92 Å². The lowest BCUT2D eigenvalue weighted by atomic mass is 10.2. The summed E-state index contributed by atoms with van der Waals surface area (Å²) in [4.78, 5) is 13.9. The first-order valence-corrected chi connectivity index (χ1v) is 3.01. The van der Waals surface area contributed by atoms with E-state index in [-0.39, 0.29) is 18.1 Å². The molecule has 0 rings (SSSR count). The first-order valence-electron chi connectivity index (χ1n) is 3.01. The molecule has 62 valence electrons. The van der Waals surface area contributed by atoms with Crippen LogP contribution in [0, 0.1) is 0 Å². The maximum Gasteiger partial charge on any atom is 0.333 e. The minimum atomic E-state index is -1.00. The molecule has 0 aliphatic heterocycles. The second-order valence-electron chi connectivity index (χ2n) is 1.86. The standard InChI is InChI=1S/C6H11N3O2/c1-2-4(5(10)11)3-9-6(7)8/h2H,3H2,1H3,(H,10,11)(H4,7,8,9)/b4-2+. The Bertz CT molecular complexity index is 204. The van der Waals surface area contributed by atoms with Gasteiger partial charge in [0, 0.05) is 0 Å². The smallest absolute Gasteiger partial charge is 0.333 e. The van der Waals surface area contributed by atoms with Crippen molar-refractivity contribution in [1.29, 1.82) is 0 Å². The fourth-order valence-corrected chi connectivity index (χ4v) is 0.459. The predicted molar refractivity (Wildman–Crippen MR) is 42.1 cm³/mol. The van der Waals surface area contributed by atoms with Crippen LogP contribution in [0.3, 0.4) is 0 Å². The molecule has 0 amide bonds. The molecule has 0 saturated carbocycles. The Morgan fingerprint density at radius 2 is 2.18 bits per heavy atom. The van der Waals surface area contributed by atoms with Gasteiger partial charge in [-0.1, -0.05) is 6.08 Å². The highest BCUT2D eigenvalue weighted by Crippen LogP contribution is 1.93. The van der Waals surface area contributed by atoms with E-state index in [1.165, 1.54) is 6.08 Å². The number of carboxylic acid groups (broad SMARTS) is 1. The van der Waals surface area contributed by atoms with E-state index in [0.29, 0.717) is 0 Å². The van der Waals surface area contributed by atoms with Gasteiger partial charge in [0.1, 0.15) is 0 Å². The molecule has 0 fully saturated rings. The second-order valence-corrected chi connectivity index (χ2v) is 1.86. The normalized spacial score (nSPS) is 10.8. The van der Waals surface area contributed by atoms with Crippen LogP contribution >= 0.6 is 0 Å². The Balaban J connectivity index is 4.13. The minimum Gasteiger partial charge on any atom is -0.478 e. The number of aliphatic imine (C=N–C) groups is 1. The van der Waals surface area contributed by atoms with Gasteiger partial charge in [0.15, 0.2) is 5.96 Å². The summed E-state index contributed by atoms with van der Waals surface area (Å²) in [5.74, 6) is -1.11. The van der Waals surface area contributed by atoms with E-state index in [1.54, 1.807) is 6.92 Å². The number of guanidine groups is 1. The summed E-state index contributed by atoms with van der Waals surface area (Å²) >= 11 is 0. The zero-order chi connectivity index (χ0) is 8.85. The van der Waals surface area contributed by atoms with Crippen LogP contribution in [0.15, 0.2) is 16.6 Å². The summed E-state index contributed by atoms with van der Waals surface area (Å²) in [5.41, 5.74) is 10.2. The molecular weight excluding hydrogens is 146 g/mol. The molecule has 0 aromatic rings. The van der Waals surface area contributed by atoms with Gasteiger partial charge in [-0.2, -0.15) is 0 Å². The highest BCUT2D eigenvalue weighted by Gasteiger charge is 2.03. The van der Waals surface area contributed by atoms with Crippen LogP contribution < -0.4 is 11.5 Å². The van der Waals surface area contributed by atoms with E-state index < -0.39 is 5.97 Å². The van der Waals surface area contributed by atoms with Crippen LogP contribution in [-0.4, -0.2) is 23.6 Å². The molecule has 0 aromatic carbocycles. The molecule has 0 aliphatic rings. The fraction of sp³-hybridized carbons (Fsp3) is 0.333. The van der Waals surface area contributed by atoms with Crippen molar-refractivity contribution >= 4 is 11.9 Å². The van der Waals surface area contributed by atoms with Crippen LogP contribution in [0.5, 0.6) is 0 Å². The van der Waals surface area contributed by atoms with Gasteiger partial charge in [-0.25, -0.2) is 9.79 Å². The Morgan fingerprint density at radius 1 is 1.64 bits per heavy atom. The molecule has 0 aromatic heterocycles. The third-order valence-corrected chi connectivity index (χ3v) is 1.06. The summed E-state index contributed by atoms with van der Waals surface area (Å²) in [6.07, 6.45) is 1.45. The maximum absolute atomic E-state index is 10.3. The number of allylic oxidation sites excluding steroid dienone is 1. The van der Waals surface area contributed by atoms with Crippen molar-refractivity contribution in [3.63, 3.8) is 0 Å². The van der Waals surface area contributed by atoms with E-state index in [9.17, 15) is 4.79 Å². The first-order chi connectivity index (χ1) is 5.07. The summed E-state index contributed by atoms with van der Waals surface area (Å²) in [6, 6.07) is 0. The van der Waals surface area contributed by atoms with E-state index in [4.69, 9.17) is 16.6 Å². The van der Waals surface area contributed by atoms with Crippen molar-refractivity contribution in [1.82, 2.24) is 0 Å². The Kier molecular flexibility index (Phi) is 3.72. The van der Waals surface area contributed by atoms with Crippen LogP contribution in [-0.2, 0) is 4.79 Å². The van der Waals surface area contributed by atoms with Gasteiger partial charge in [0.05, 0.1) is 12.1 Å². The van der Waals surface area contributed by atoms with Crippen molar-refractivity contribution in [3.8, 4) is 0 Å². The number of hydrogen-bond donors (Lipinski definition) is 3. The molecule has 0 radical (unpaired) electrons. The van der Waals surface area contributed by atoms with Gasteiger partial charge in [-0.3, -0.25) is 0 Å². The van der Waals surface area contributed by atoms with E-state index in [0.717, 1.165) is 0 Å². The van der Waals surface area contributed by atoms with E-state index in [2.05, 4.69) is 4.99 Å². The number of carboxylic acids is 1. The highest BCUT2D eigenvalue weighted by atomic mass is 16.4. The van der Waals surface area contributed by atoms with Crippen LogP contribution in [0.1, 0.15) is 6.92 Å². The van der Waals surface area contributed by atoms with Crippen molar-refractivity contribution < 1.29 is 9.90 Å². The molecule has 0 spiro atoms. The molecule has 0 heterocycles. The zero-order valence-electron chi connectivity index (χ0n) is 6.24. The van der Waals surface area contributed by atoms with E-state index in [1.807, 2.05) is 0 Å². The number of rotatable bonds is 3. The highest BCUT2D eigenvalue weighted by molar-refractivity contribution is 5.87. The maximum atomic E-state index is 10.3. The molecule has 0 bridgehead atoms. The molecule has 0 aliphatic carbocycles. The van der Waals surface area contributed by atoms with Crippen molar-refractivity contribution in [2.75, 3.05) is 6.54 Å². The summed E-state index contributed by atoms with van der Waals surface area (Å²) in [5, 5.41) is 8.47. The van der Waals surface area contributed by atoms with Crippen molar-refractivity contribution in [3.05, 3.63) is 11.6 Å². The third-order valence-electron chi connectivity index (χ3n) is 1.06. The number of aliphatic carboxylic acids is 1. The van der Waals surface area contributed by atoms with Gasteiger partial charge in [0.2, 0.25) is 0 Å². The lowest BCUT2D eigenvalue weighted by Gasteiger charge is -1.95. The van der Waals surface area contributed by atoms with E-state index >= 15 is 0 Å². The molecule has 5 N–H and O–H groups in total. The van der Waals surface area contributed by atoms with Gasteiger partial charge in [0.25, 0.3) is 0 Å². The first kappa shape index (κ1) is 9.48. The average Bonchev–Trinajstić information content (AvgIpc) is 1.87. The Labute approximate surface area is 64.4 Å². The van der Waals surface area contributed by atoms with Crippen LogP contribution in [0.25, 0.3) is 0 Å². The lowest BCUT2D eigenvalue weighted by molar-refractivity contribution is -0.132. The molecule has 0 atom stereocenters. The Morgan fingerprint density at radius 3 is 2.45 bits per heavy atom. The number of nitrogens with zero attached hydrogens (tertiary/aromatic N) is 1. The summed E-state index contributed by atoms with van der Waals surface area (Å²) in [6.45, 7) is 1.64. The van der Waals surface area contributed by atoms with Crippen molar-refractivity contribution in [2.45, 2.75) is 6.92 Å². The number of hydrogen-bond acceptors (Lipinski definition) is 2. The van der Waals surface area contributed by atoms with Gasteiger partial charge >= 0.3 is 5.97 Å². The monoisotopic (exact) mass is 157 g/mol. The molecule has 11 heavy (non-hydrogen) atoms. The quantitative estimate of drug-likeness (QED) is 0.286. The largest absolute Gasteiger partial charge is 0.478 e. The van der Waals surface area contributed by atoms with Crippen molar-refractivity contribution in [2.24, 2.45) is 16.5 Å². The molecule has 0 unspecified atom stereocenters. The molecule has 0 saturated heterocycles.